The number of rotatable bonds is 5. The smallest absolute Gasteiger partial charge is 0.124 e. The van der Waals surface area contributed by atoms with Crippen LogP contribution in [0.3, 0.4) is 0 Å². The number of piperazine rings is 1. The average molecular weight is 414 g/mol. The number of ether oxygens (including phenoxy) is 1. The summed E-state index contributed by atoms with van der Waals surface area (Å²) in [5, 5.41) is 12.4. The largest absolute Gasteiger partial charge is 0.493 e. The minimum atomic E-state index is 0.653. The van der Waals surface area contributed by atoms with Crippen molar-refractivity contribution in [1.29, 1.82) is 5.26 Å². The number of H-pyrrole nitrogens is 1. The number of aryl methyl sites for hydroxylation is 1. The Morgan fingerprint density at radius 3 is 2.74 bits per heavy atom. The standard InChI is InChI=1S/C25H27N5O/c1-17-12-20-22(14-24(17)31-11-3-6-30-9-7-29(2)8-10-30)27-16-21-19-5-4-18(15-26)13-23(19)28-25(20)21/h4-5,12-14,16,28H,3,6-11H2,1-2H3. The van der Waals surface area contributed by atoms with E-state index < -0.39 is 0 Å². The van der Waals surface area contributed by atoms with Gasteiger partial charge in [0.1, 0.15) is 5.75 Å². The molecule has 1 saturated heterocycles. The number of aromatic nitrogens is 2. The highest BCUT2D eigenvalue weighted by Crippen LogP contribution is 2.33. The number of benzene rings is 2. The Balaban J connectivity index is 1.36. The van der Waals surface area contributed by atoms with Gasteiger partial charge in [-0.2, -0.15) is 5.26 Å². The van der Waals surface area contributed by atoms with Crippen LogP contribution in [0.4, 0.5) is 0 Å². The van der Waals surface area contributed by atoms with E-state index in [9.17, 15) is 5.26 Å². The van der Waals surface area contributed by atoms with Gasteiger partial charge in [-0.25, -0.2) is 0 Å². The minimum absolute atomic E-state index is 0.653. The molecule has 2 aromatic heterocycles. The summed E-state index contributed by atoms with van der Waals surface area (Å²) >= 11 is 0. The van der Waals surface area contributed by atoms with Crippen LogP contribution in [0.2, 0.25) is 0 Å². The van der Waals surface area contributed by atoms with Gasteiger partial charge in [0.25, 0.3) is 0 Å². The molecule has 1 aliphatic heterocycles. The van der Waals surface area contributed by atoms with Gasteiger partial charge in [-0.15, -0.1) is 0 Å². The second-order valence-corrected chi connectivity index (χ2v) is 8.53. The van der Waals surface area contributed by atoms with Gasteiger partial charge in [-0.3, -0.25) is 4.98 Å². The summed E-state index contributed by atoms with van der Waals surface area (Å²) in [6, 6.07) is 12.1. The lowest BCUT2D eigenvalue weighted by Gasteiger charge is -2.32. The number of hydrogen-bond donors (Lipinski definition) is 1. The highest BCUT2D eigenvalue weighted by molar-refractivity contribution is 6.16. The van der Waals surface area contributed by atoms with Crippen molar-refractivity contribution in [2.24, 2.45) is 0 Å². The summed E-state index contributed by atoms with van der Waals surface area (Å²) in [5.74, 6) is 0.903. The van der Waals surface area contributed by atoms with E-state index in [1.54, 1.807) is 0 Å². The predicted molar refractivity (Wildman–Crippen MR) is 125 cm³/mol. The van der Waals surface area contributed by atoms with Gasteiger partial charge in [0, 0.05) is 66.7 Å². The molecule has 0 saturated carbocycles. The molecule has 0 amide bonds. The van der Waals surface area contributed by atoms with Gasteiger partial charge in [-0.1, -0.05) is 6.07 Å². The third-order valence-corrected chi connectivity index (χ3v) is 6.34. The molecule has 0 bridgehead atoms. The molecular weight excluding hydrogens is 386 g/mol. The Morgan fingerprint density at radius 1 is 1.10 bits per heavy atom. The Kier molecular flexibility index (Phi) is 5.23. The van der Waals surface area contributed by atoms with Gasteiger partial charge < -0.3 is 19.5 Å². The zero-order valence-corrected chi connectivity index (χ0v) is 18.1. The first-order chi connectivity index (χ1) is 15.1. The molecule has 1 fully saturated rings. The lowest BCUT2D eigenvalue weighted by atomic mass is 10.1. The summed E-state index contributed by atoms with van der Waals surface area (Å²) in [7, 11) is 2.18. The van der Waals surface area contributed by atoms with Crippen LogP contribution in [0.1, 0.15) is 17.5 Å². The average Bonchev–Trinajstić information content (AvgIpc) is 3.16. The molecule has 0 spiro atoms. The SMILES string of the molecule is Cc1cc2c(cc1OCCCN1CCN(C)CC1)ncc1c3ccc(C#N)cc3[nH]c21. The molecular formula is C25H27N5O. The second-order valence-electron chi connectivity index (χ2n) is 8.53. The molecule has 0 unspecified atom stereocenters. The van der Waals surface area contributed by atoms with Gasteiger partial charge >= 0.3 is 0 Å². The number of nitrogens with one attached hydrogen (secondary N) is 1. The monoisotopic (exact) mass is 413 g/mol. The van der Waals surface area contributed by atoms with E-state index in [1.807, 2.05) is 30.5 Å². The van der Waals surface area contributed by atoms with E-state index in [-0.39, 0.29) is 0 Å². The highest BCUT2D eigenvalue weighted by atomic mass is 16.5. The molecule has 0 atom stereocenters. The van der Waals surface area contributed by atoms with Crippen LogP contribution < -0.4 is 4.74 Å². The molecule has 2 aromatic carbocycles. The number of nitriles is 1. The molecule has 4 aromatic rings. The Bertz CT molecular complexity index is 1290. The van der Waals surface area contributed by atoms with E-state index >= 15 is 0 Å². The van der Waals surface area contributed by atoms with E-state index in [1.165, 1.54) is 0 Å². The quantitative estimate of drug-likeness (QED) is 0.500. The molecule has 1 N–H and O–H groups in total. The second kappa shape index (κ2) is 8.18. The molecule has 31 heavy (non-hydrogen) atoms. The maximum absolute atomic E-state index is 9.19. The first kappa shape index (κ1) is 19.8. The normalized spacial score (nSPS) is 15.6. The fourth-order valence-corrected chi connectivity index (χ4v) is 4.45. The number of pyridine rings is 1. The van der Waals surface area contributed by atoms with Crippen LogP contribution in [0, 0.1) is 18.3 Å². The summed E-state index contributed by atoms with van der Waals surface area (Å²) in [5.41, 5.74) is 4.70. The van der Waals surface area contributed by atoms with E-state index in [0.717, 1.165) is 83.2 Å². The van der Waals surface area contributed by atoms with Crippen LogP contribution in [0.5, 0.6) is 5.75 Å². The van der Waals surface area contributed by atoms with Crippen LogP contribution in [0.25, 0.3) is 32.7 Å². The summed E-state index contributed by atoms with van der Waals surface area (Å²) in [6.45, 7) is 8.47. The number of fused-ring (bicyclic) bond motifs is 5. The van der Waals surface area contributed by atoms with Gasteiger partial charge in [0.05, 0.1) is 29.3 Å². The van der Waals surface area contributed by atoms with Gasteiger partial charge in [0.2, 0.25) is 0 Å². The van der Waals surface area contributed by atoms with Crippen molar-refractivity contribution in [3.8, 4) is 11.8 Å². The Hall–Kier alpha value is -3.14. The van der Waals surface area contributed by atoms with Crippen molar-refractivity contribution in [2.75, 3.05) is 46.4 Å². The van der Waals surface area contributed by atoms with Crippen LogP contribution >= 0.6 is 0 Å². The summed E-state index contributed by atoms with van der Waals surface area (Å²) < 4.78 is 6.14. The summed E-state index contributed by atoms with van der Waals surface area (Å²) in [4.78, 5) is 13.1. The van der Waals surface area contributed by atoms with Crippen molar-refractivity contribution in [2.45, 2.75) is 13.3 Å². The predicted octanol–water partition coefficient (Wildman–Crippen LogP) is 4.07. The maximum Gasteiger partial charge on any atom is 0.124 e. The molecule has 6 heteroatoms. The third-order valence-electron chi connectivity index (χ3n) is 6.34. The Morgan fingerprint density at radius 2 is 1.94 bits per heavy atom. The first-order valence-electron chi connectivity index (χ1n) is 10.9. The van der Waals surface area contributed by atoms with Crippen molar-refractivity contribution < 1.29 is 4.74 Å². The molecule has 0 aliphatic carbocycles. The van der Waals surface area contributed by atoms with Crippen LogP contribution in [-0.2, 0) is 0 Å². The van der Waals surface area contributed by atoms with Crippen molar-refractivity contribution in [3.05, 3.63) is 47.7 Å². The molecule has 158 valence electrons. The lowest BCUT2D eigenvalue weighted by Crippen LogP contribution is -2.44. The molecule has 6 nitrogen and oxygen atoms in total. The first-order valence-corrected chi connectivity index (χ1v) is 10.9. The van der Waals surface area contributed by atoms with E-state index in [2.05, 4.69) is 40.9 Å². The number of hydrogen-bond acceptors (Lipinski definition) is 5. The van der Waals surface area contributed by atoms with Crippen molar-refractivity contribution in [3.63, 3.8) is 0 Å². The maximum atomic E-state index is 9.19. The zero-order chi connectivity index (χ0) is 21.4. The molecule has 3 heterocycles. The van der Waals surface area contributed by atoms with Gasteiger partial charge in [-0.05, 0) is 44.2 Å². The fraction of sp³-hybridized carbons (Fsp3) is 0.360. The minimum Gasteiger partial charge on any atom is -0.493 e. The summed E-state index contributed by atoms with van der Waals surface area (Å²) in [6.07, 6.45) is 2.94. The van der Waals surface area contributed by atoms with Gasteiger partial charge in [0.15, 0.2) is 0 Å². The van der Waals surface area contributed by atoms with E-state index in [4.69, 9.17) is 9.72 Å². The number of nitrogens with zero attached hydrogens (tertiary/aromatic N) is 4. The zero-order valence-electron chi connectivity index (χ0n) is 18.1. The topological polar surface area (TPSA) is 68.2 Å². The number of likely N-dealkylation sites (N-methyl/N-ethyl adjacent to an activating group) is 1. The van der Waals surface area contributed by atoms with Crippen LogP contribution in [-0.4, -0.2) is 66.1 Å². The fourth-order valence-electron chi connectivity index (χ4n) is 4.45. The van der Waals surface area contributed by atoms with Crippen LogP contribution in [0.15, 0.2) is 36.5 Å². The molecule has 0 radical (unpaired) electrons. The number of aromatic amines is 1. The van der Waals surface area contributed by atoms with E-state index in [0.29, 0.717) is 12.2 Å². The Labute approximate surface area is 182 Å². The molecule has 1 aliphatic rings. The third kappa shape index (κ3) is 3.83. The highest BCUT2D eigenvalue weighted by Gasteiger charge is 2.14. The lowest BCUT2D eigenvalue weighted by molar-refractivity contribution is 0.145. The van der Waals surface area contributed by atoms with Crippen molar-refractivity contribution >= 4 is 32.7 Å². The van der Waals surface area contributed by atoms with Crippen molar-refractivity contribution in [1.82, 2.24) is 19.8 Å². The molecule has 5 rings (SSSR count).